The van der Waals surface area contributed by atoms with Gasteiger partial charge in [0.1, 0.15) is 0 Å². The van der Waals surface area contributed by atoms with Crippen molar-refractivity contribution >= 4 is 34.8 Å². The molecule has 0 aliphatic carbocycles. The molecule has 1 aliphatic rings. The molecule has 0 aromatic heterocycles. The van der Waals surface area contributed by atoms with Crippen molar-refractivity contribution in [3.63, 3.8) is 0 Å². The Balaban J connectivity index is 1.61. The molecule has 2 atom stereocenters. The molecular formula is C18H19Cl2N3O. The molecule has 0 radical (unpaired) electrons. The van der Waals surface area contributed by atoms with E-state index in [1.165, 1.54) is 5.56 Å². The minimum Gasteiger partial charge on any atom is -0.326 e. The average Bonchev–Trinajstić information content (AvgIpc) is 2.93. The van der Waals surface area contributed by atoms with E-state index >= 15 is 0 Å². The number of benzene rings is 2. The number of hydrogen-bond acceptors (Lipinski definition) is 3. The predicted molar refractivity (Wildman–Crippen MR) is 98.7 cm³/mol. The lowest BCUT2D eigenvalue weighted by atomic mass is 9.95. The molecule has 1 aliphatic heterocycles. The van der Waals surface area contributed by atoms with E-state index in [0.29, 0.717) is 22.3 Å². The Hall–Kier alpha value is -1.59. The minimum atomic E-state index is -0.125. The molecule has 0 unspecified atom stereocenters. The maximum atomic E-state index is 12.3. The van der Waals surface area contributed by atoms with Crippen molar-refractivity contribution in [2.45, 2.75) is 12.0 Å². The van der Waals surface area contributed by atoms with Crippen LogP contribution >= 0.6 is 23.2 Å². The second-order valence-electron chi connectivity index (χ2n) is 6.02. The van der Waals surface area contributed by atoms with Crippen LogP contribution in [0.4, 0.5) is 5.69 Å². The Bertz CT molecular complexity index is 723. The van der Waals surface area contributed by atoms with Crippen molar-refractivity contribution in [1.29, 1.82) is 0 Å². The Morgan fingerprint density at radius 1 is 1.12 bits per heavy atom. The normalized spacial score (nSPS) is 21.0. The lowest BCUT2D eigenvalue weighted by molar-refractivity contribution is -0.117. The number of hydrogen-bond donors (Lipinski definition) is 2. The zero-order valence-electron chi connectivity index (χ0n) is 13.1. The summed E-state index contributed by atoms with van der Waals surface area (Å²) in [5.41, 5.74) is 8.00. The summed E-state index contributed by atoms with van der Waals surface area (Å²) >= 11 is 12.1. The number of nitrogens with two attached hydrogens (primary N) is 1. The SMILES string of the molecule is N[C@@H]1CN(CC(=O)Nc2cccc(Cl)c2Cl)C[C@H]1c1ccccc1. The van der Waals surface area contributed by atoms with Gasteiger partial charge in [-0.3, -0.25) is 9.69 Å². The van der Waals surface area contributed by atoms with Crippen LogP contribution in [0.3, 0.4) is 0 Å². The van der Waals surface area contributed by atoms with Gasteiger partial charge in [-0.1, -0.05) is 59.6 Å². The summed E-state index contributed by atoms with van der Waals surface area (Å²) in [7, 11) is 0. The molecule has 126 valence electrons. The van der Waals surface area contributed by atoms with E-state index in [0.717, 1.165) is 6.54 Å². The molecule has 1 fully saturated rings. The fraction of sp³-hybridized carbons (Fsp3) is 0.278. The van der Waals surface area contributed by atoms with Crippen molar-refractivity contribution in [2.24, 2.45) is 5.73 Å². The molecule has 1 saturated heterocycles. The minimum absolute atomic E-state index is 0.0231. The highest BCUT2D eigenvalue weighted by molar-refractivity contribution is 6.43. The number of anilines is 1. The Morgan fingerprint density at radius 3 is 2.62 bits per heavy atom. The summed E-state index contributed by atoms with van der Waals surface area (Å²) in [6.45, 7) is 1.73. The van der Waals surface area contributed by atoms with Gasteiger partial charge >= 0.3 is 0 Å². The van der Waals surface area contributed by atoms with Crippen molar-refractivity contribution in [2.75, 3.05) is 25.0 Å². The van der Waals surface area contributed by atoms with Gasteiger partial charge in [0.25, 0.3) is 0 Å². The standard InChI is InChI=1S/C18H19Cl2N3O/c19-14-7-4-8-16(18(14)20)22-17(24)11-23-9-13(15(21)10-23)12-5-2-1-3-6-12/h1-8,13,15H,9-11,21H2,(H,22,24)/t13-,15+/m0/s1. The number of amides is 1. The van der Waals surface area contributed by atoms with E-state index in [1.807, 2.05) is 18.2 Å². The number of nitrogens with zero attached hydrogens (tertiary/aromatic N) is 1. The molecule has 3 N–H and O–H groups in total. The fourth-order valence-corrected chi connectivity index (χ4v) is 3.44. The van der Waals surface area contributed by atoms with E-state index in [9.17, 15) is 4.79 Å². The second-order valence-corrected chi connectivity index (χ2v) is 6.81. The average molecular weight is 364 g/mol. The molecule has 2 aromatic rings. The van der Waals surface area contributed by atoms with Crippen LogP contribution in [0.1, 0.15) is 11.5 Å². The van der Waals surface area contributed by atoms with Crippen LogP contribution in [0.2, 0.25) is 10.0 Å². The number of carbonyl (C=O) groups is 1. The summed E-state index contributed by atoms with van der Waals surface area (Å²) in [4.78, 5) is 14.4. The summed E-state index contributed by atoms with van der Waals surface area (Å²) in [5.74, 6) is 0.119. The van der Waals surface area contributed by atoms with Crippen LogP contribution in [-0.4, -0.2) is 36.5 Å². The third-order valence-corrected chi connectivity index (χ3v) is 5.08. The predicted octanol–water partition coefficient (Wildman–Crippen LogP) is 3.36. The summed E-state index contributed by atoms with van der Waals surface area (Å²) in [5, 5.41) is 3.58. The van der Waals surface area contributed by atoms with Gasteiger partial charge < -0.3 is 11.1 Å². The molecule has 4 nitrogen and oxygen atoms in total. The molecule has 0 bridgehead atoms. The van der Waals surface area contributed by atoms with Crippen molar-refractivity contribution in [3.8, 4) is 0 Å². The van der Waals surface area contributed by atoms with Crippen LogP contribution in [0.5, 0.6) is 0 Å². The van der Waals surface area contributed by atoms with Gasteiger partial charge in [0.2, 0.25) is 5.91 Å². The topological polar surface area (TPSA) is 58.4 Å². The van der Waals surface area contributed by atoms with E-state index in [2.05, 4.69) is 22.3 Å². The van der Waals surface area contributed by atoms with E-state index < -0.39 is 0 Å². The third kappa shape index (κ3) is 3.90. The number of rotatable bonds is 4. The van der Waals surface area contributed by atoms with Crippen molar-refractivity contribution in [3.05, 3.63) is 64.1 Å². The summed E-state index contributed by atoms with van der Waals surface area (Å²) in [6, 6.07) is 15.4. The van der Waals surface area contributed by atoms with Gasteiger partial charge in [0.05, 0.1) is 22.3 Å². The quantitative estimate of drug-likeness (QED) is 0.875. The van der Waals surface area contributed by atoms with Crippen LogP contribution in [-0.2, 0) is 4.79 Å². The van der Waals surface area contributed by atoms with Gasteiger partial charge in [-0.05, 0) is 17.7 Å². The van der Waals surface area contributed by atoms with Gasteiger partial charge in [-0.2, -0.15) is 0 Å². The monoisotopic (exact) mass is 363 g/mol. The number of likely N-dealkylation sites (tertiary alicyclic amines) is 1. The molecule has 24 heavy (non-hydrogen) atoms. The first kappa shape index (κ1) is 17.2. The molecular weight excluding hydrogens is 345 g/mol. The first-order valence-corrected chi connectivity index (χ1v) is 8.57. The zero-order valence-corrected chi connectivity index (χ0v) is 14.6. The van der Waals surface area contributed by atoms with Crippen LogP contribution < -0.4 is 11.1 Å². The largest absolute Gasteiger partial charge is 0.326 e. The first-order chi connectivity index (χ1) is 11.5. The van der Waals surface area contributed by atoms with E-state index in [-0.39, 0.29) is 24.4 Å². The molecule has 0 saturated carbocycles. The number of carbonyl (C=O) groups excluding carboxylic acids is 1. The molecule has 6 heteroatoms. The molecule has 2 aromatic carbocycles. The van der Waals surface area contributed by atoms with Crippen LogP contribution in [0.15, 0.2) is 48.5 Å². The summed E-state index contributed by atoms with van der Waals surface area (Å²) in [6.07, 6.45) is 0. The Morgan fingerprint density at radius 2 is 1.88 bits per heavy atom. The number of nitrogens with one attached hydrogen (secondary N) is 1. The molecule has 1 amide bonds. The van der Waals surface area contributed by atoms with Crippen molar-refractivity contribution in [1.82, 2.24) is 4.90 Å². The second kappa shape index (κ2) is 7.53. The third-order valence-electron chi connectivity index (χ3n) is 4.26. The van der Waals surface area contributed by atoms with Gasteiger partial charge in [-0.25, -0.2) is 0 Å². The van der Waals surface area contributed by atoms with Crippen molar-refractivity contribution < 1.29 is 4.79 Å². The van der Waals surface area contributed by atoms with Crippen LogP contribution in [0.25, 0.3) is 0 Å². The van der Waals surface area contributed by atoms with Gasteiger partial charge in [-0.15, -0.1) is 0 Å². The van der Waals surface area contributed by atoms with E-state index in [4.69, 9.17) is 28.9 Å². The lowest BCUT2D eigenvalue weighted by Crippen LogP contribution is -2.33. The van der Waals surface area contributed by atoms with Gasteiger partial charge in [0.15, 0.2) is 0 Å². The molecule has 0 spiro atoms. The van der Waals surface area contributed by atoms with Crippen LogP contribution in [0, 0.1) is 0 Å². The highest BCUT2D eigenvalue weighted by atomic mass is 35.5. The zero-order chi connectivity index (χ0) is 17.1. The van der Waals surface area contributed by atoms with E-state index in [1.54, 1.807) is 18.2 Å². The Kier molecular flexibility index (Phi) is 5.41. The Labute approximate surface area is 151 Å². The number of halogens is 2. The smallest absolute Gasteiger partial charge is 0.238 e. The fourth-order valence-electron chi connectivity index (χ4n) is 3.09. The summed E-state index contributed by atoms with van der Waals surface area (Å²) < 4.78 is 0. The maximum Gasteiger partial charge on any atom is 0.238 e. The molecule has 1 heterocycles. The first-order valence-electron chi connectivity index (χ1n) is 7.81. The lowest BCUT2D eigenvalue weighted by Gasteiger charge is -2.16. The highest BCUT2D eigenvalue weighted by Crippen LogP contribution is 2.30. The van der Waals surface area contributed by atoms with Gasteiger partial charge in [0, 0.05) is 25.0 Å². The molecule has 3 rings (SSSR count). The maximum absolute atomic E-state index is 12.3. The highest BCUT2D eigenvalue weighted by Gasteiger charge is 2.32.